The zero-order chi connectivity index (χ0) is 18.2. The summed E-state index contributed by atoms with van der Waals surface area (Å²) in [6.07, 6.45) is 4.03. The molecule has 0 aromatic heterocycles. The van der Waals surface area contributed by atoms with Crippen molar-refractivity contribution in [1.29, 1.82) is 0 Å². The van der Waals surface area contributed by atoms with E-state index in [9.17, 15) is 4.79 Å². The number of rotatable bonds is 6. The highest BCUT2D eigenvalue weighted by molar-refractivity contribution is 7.99. The number of ether oxygens (including phenoxy) is 1. The van der Waals surface area contributed by atoms with Crippen molar-refractivity contribution in [2.75, 3.05) is 26.0 Å². The van der Waals surface area contributed by atoms with Crippen LogP contribution in [0.3, 0.4) is 0 Å². The molecule has 1 aliphatic heterocycles. The molecule has 3 rings (SSSR count). The van der Waals surface area contributed by atoms with Gasteiger partial charge in [0, 0.05) is 36.1 Å². The molecule has 0 radical (unpaired) electrons. The summed E-state index contributed by atoms with van der Waals surface area (Å²) < 4.78 is 5.25. The minimum atomic E-state index is 0.286. The van der Waals surface area contributed by atoms with Crippen molar-refractivity contribution < 1.29 is 9.53 Å². The van der Waals surface area contributed by atoms with E-state index in [0.29, 0.717) is 12.3 Å². The normalized spacial score (nSPS) is 17.6. The molecule has 1 saturated heterocycles. The summed E-state index contributed by atoms with van der Waals surface area (Å²) in [5.74, 6) is 2.43. The van der Waals surface area contributed by atoms with Gasteiger partial charge in [-0.05, 0) is 42.7 Å². The number of thioether (sulfide) groups is 1. The topological polar surface area (TPSA) is 29.5 Å². The molecule has 138 valence electrons. The van der Waals surface area contributed by atoms with Gasteiger partial charge in [0.1, 0.15) is 5.75 Å². The van der Waals surface area contributed by atoms with Gasteiger partial charge in [-0.15, -0.1) is 11.8 Å². The lowest BCUT2D eigenvalue weighted by Gasteiger charge is -2.25. The second-order valence-corrected chi connectivity index (χ2v) is 7.89. The van der Waals surface area contributed by atoms with E-state index in [-0.39, 0.29) is 5.91 Å². The SMILES string of the molecule is COc1ccc(C2CCCCN(C(=O)CCSc3ccccc3)C2)cc1. The molecule has 1 heterocycles. The molecule has 0 bridgehead atoms. The number of hydrogen-bond acceptors (Lipinski definition) is 3. The van der Waals surface area contributed by atoms with Crippen LogP contribution in [0.4, 0.5) is 0 Å². The van der Waals surface area contributed by atoms with Crippen LogP contribution >= 0.6 is 11.8 Å². The zero-order valence-electron chi connectivity index (χ0n) is 15.4. The van der Waals surface area contributed by atoms with Gasteiger partial charge in [0.25, 0.3) is 0 Å². The van der Waals surface area contributed by atoms with E-state index in [1.54, 1.807) is 18.9 Å². The highest BCUT2D eigenvalue weighted by atomic mass is 32.2. The number of methoxy groups -OCH3 is 1. The third-order valence-electron chi connectivity index (χ3n) is 4.94. The summed E-state index contributed by atoms with van der Waals surface area (Å²) in [5.41, 5.74) is 1.31. The Hall–Kier alpha value is -1.94. The second kappa shape index (κ2) is 9.67. The van der Waals surface area contributed by atoms with Gasteiger partial charge >= 0.3 is 0 Å². The highest BCUT2D eigenvalue weighted by Gasteiger charge is 2.23. The zero-order valence-corrected chi connectivity index (χ0v) is 16.2. The van der Waals surface area contributed by atoms with Gasteiger partial charge < -0.3 is 9.64 Å². The molecule has 0 saturated carbocycles. The number of carbonyl (C=O) groups excluding carboxylic acids is 1. The smallest absolute Gasteiger partial charge is 0.223 e. The fraction of sp³-hybridized carbons (Fsp3) is 0.409. The van der Waals surface area contributed by atoms with Crippen molar-refractivity contribution in [3.8, 4) is 5.75 Å². The van der Waals surface area contributed by atoms with E-state index >= 15 is 0 Å². The second-order valence-electron chi connectivity index (χ2n) is 6.72. The predicted molar refractivity (Wildman–Crippen MR) is 108 cm³/mol. The van der Waals surface area contributed by atoms with Gasteiger partial charge in [0.2, 0.25) is 5.91 Å². The van der Waals surface area contributed by atoms with E-state index in [1.807, 2.05) is 30.3 Å². The summed E-state index contributed by atoms with van der Waals surface area (Å²) in [6.45, 7) is 1.72. The van der Waals surface area contributed by atoms with E-state index < -0.39 is 0 Å². The van der Waals surface area contributed by atoms with Crippen LogP contribution in [0.15, 0.2) is 59.5 Å². The van der Waals surface area contributed by atoms with Crippen molar-refractivity contribution in [2.45, 2.75) is 36.5 Å². The van der Waals surface area contributed by atoms with Crippen LogP contribution in [-0.4, -0.2) is 36.8 Å². The Morgan fingerprint density at radius 3 is 2.62 bits per heavy atom. The lowest BCUT2D eigenvalue weighted by molar-refractivity contribution is -0.130. The first-order chi connectivity index (χ1) is 12.8. The molecule has 26 heavy (non-hydrogen) atoms. The summed E-state index contributed by atoms with van der Waals surface area (Å²) in [7, 11) is 1.69. The molecule has 1 amide bonds. The number of amides is 1. The maximum atomic E-state index is 12.7. The van der Waals surface area contributed by atoms with Gasteiger partial charge in [-0.25, -0.2) is 0 Å². The molecule has 3 nitrogen and oxygen atoms in total. The Morgan fingerprint density at radius 1 is 1.12 bits per heavy atom. The van der Waals surface area contributed by atoms with Gasteiger partial charge in [-0.3, -0.25) is 4.79 Å². The first kappa shape index (κ1) is 18.8. The van der Waals surface area contributed by atoms with Gasteiger partial charge in [0.05, 0.1) is 7.11 Å². The standard InChI is InChI=1S/C22H27NO2S/c1-25-20-12-10-18(11-13-20)19-7-5-6-15-23(17-19)22(24)14-16-26-21-8-3-2-4-9-21/h2-4,8-13,19H,5-7,14-17H2,1H3. The molecule has 2 aromatic carbocycles. The van der Waals surface area contributed by atoms with Crippen LogP contribution in [0.25, 0.3) is 0 Å². The molecule has 1 aliphatic rings. The number of carbonyl (C=O) groups is 1. The van der Waals surface area contributed by atoms with Crippen LogP contribution in [0.1, 0.15) is 37.2 Å². The van der Waals surface area contributed by atoms with E-state index in [0.717, 1.165) is 37.4 Å². The third-order valence-corrected chi connectivity index (χ3v) is 5.95. The fourth-order valence-corrected chi connectivity index (χ4v) is 4.31. The Morgan fingerprint density at radius 2 is 1.88 bits per heavy atom. The Balaban J connectivity index is 1.55. The molecule has 4 heteroatoms. The van der Waals surface area contributed by atoms with Crippen LogP contribution < -0.4 is 4.74 Å². The number of likely N-dealkylation sites (tertiary alicyclic amines) is 1. The van der Waals surface area contributed by atoms with Crippen LogP contribution in [0.5, 0.6) is 5.75 Å². The van der Waals surface area contributed by atoms with Crippen molar-refractivity contribution in [2.24, 2.45) is 0 Å². The summed E-state index contributed by atoms with van der Waals surface area (Å²) in [5, 5.41) is 0. The number of hydrogen-bond donors (Lipinski definition) is 0. The summed E-state index contributed by atoms with van der Waals surface area (Å²) in [4.78, 5) is 16.0. The van der Waals surface area contributed by atoms with Gasteiger partial charge in [-0.1, -0.05) is 36.8 Å². The van der Waals surface area contributed by atoms with Crippen molar-refractivity contribution >= 4 is 17.7 Å². The Bertz CT molecular complexity index is 687. The minimum Gasteiger partial charge on any atom is -0.497 e. The minimum absolute atomic E-state index is 0.286. The molecule has 1 atom stereocenters. The molecule has 0 spiro atoms. The molecular formula is C22H27NO2S. The fourth-order valence-electron chi connectivity index (χ4n) is 3.45. The maximum absolute atomic E-state index is 12.7. The highest BCUT2D eigenvalue weighted by Crippen LogP contribution is 2.28. The van der Waals surface area contributed by atoms with Crippen molar-refractivity contribution in [3.05, 3.63) is 60.2 Å². The third kappa shape index (κ3) is 5.28. The first-order valence-corrected chi connectivity index (χ1v) is 10.3. The van der Waals surface area contributed by atoms with Crippen molar-refractivity contribution in [1.82, 2.24) is 4.90 Å². The molecule has 2 aromatic rings. The molecule has 0 aliphatic carbocycles. The molecule has 1 fully saturated rings. The molecule has 0 N–H and O–H groups in total. The Labute approximate surface area is 160 Å². The number of nitrogens with zero attached hydrogens (tertiary/aromatic N) is 1. The van der Waals surface area contributed by atoms with Gasteiger partial charge in [0.15, 0.2) is 0 Å². The summed E-state index contributed by atoms with van der Waals surface area (Å²) in [6, 6.07) is 18.6. The van der Waals surface area contributed by atoms with E-state index in [1.165, 1.54) is 16.9 Å². The monoisotopic (exact) mass is 369 g/mol. The summed E-state index contributed by atoms with van der Waals surface area (Å²) >= 11 is 1.76. The largest absolute Gasteiger partial charge is 0.497 e. The quantitative estimate of drug-likeness (QED) is 0.673. The average molecular weight is 370 g/mol. The van der Waals surface area contributed by atoms with Gasteiger partial charge in [-0.2, -0.15) is 0 Å². The van der Waals surface area contributed by atoms with Crippen LogP contribution in [0, 0.1) is 0 Å². The predicted octanol–water partition coefficient (Wildman–Crippen LogP) is 4.97. The number of benzene rings is 2. The first-order valence-electron chi connectivity index (χ1n) is 9.36. The lowest BCUT2D eigenvalue weighted by atomic mass is 9.94. The average Bonchev–Trinajstić information content (AvgIpc) is 2.95. The molecule has 1 unspecified atom stereocenters. The Kier molecular flexibility index (Phi) is 7.01. The van der Waals surface area contributed by atoms with Crippen LogP contribution in [-0.2, 0) is 4.79 Å². The van der Waals surface area contributed by atoms with Crippen molar-refractivity contribution in [3.63, 3.8) is 0 Å². The molecular weight excluding hydrogens is 342 g/mol. The van der Waals surface area contributed by atoms with E-state index in [4.69, 9.17) is 4.74 Å². The maximum Gasteiger partial charge on any atom is 0.223 e. The van der Waals surface area contributed by atoms with E-state index in [2.05, 4.69) is 29.2 Å². The lowest BCUT2D eigenvalue weighted by Crippen LogP contribution is -2.34. The van der Waals surface area contributed by atoms with Crippen LogP contribution in [0.2, 0.25) is 0 Å².